The van der Waals surface area contributed by atoms with Crippen LogP contribution in [-0.2, 0) is 19.1 Å². The Balaban J connectivity index is 1.88. The van der Waals surface area contributed by atoms with Gasteiger partial charge < -0.3 is 15.4 Å². The molecule has 128 valence electrons. The molecule has 1 atom stereocenters. The van der Waals surface area contributed by atoms with Crippen molar-refractivity contribution >= 4 is 34.2 Å². The molecule has 2 aromatic rings. The number of amides is 2. The van der Waals surface area contributed by atoms with Crippen molar-refractivity contribution in [3.05, 3.63) is 53.7 Å². The van der Waals surface area contributed by atoms with Crippen LogP contribution in [0.3, 0.4) is 0 Å². The summed E-state index contributed by atoms with van der Waals surface area (Å²) in [6.07, 6.45) is -0.0960. The van der Waals surface area contributed by atoms with E-state index in [0.717, 1.165) is 10.8 Å². The first-order valence-electron chi connectivity index (χ1n) is 7.88. The lowest BCUT2D eigenvalue weighted by Crippen LogP contribution is -2.40. The quantitative estimate of drug-likeness (QED) is 0.842. The summed E-state index contributed by atoms with van der Waals surface area (Å²) in [7, 11) is 1.25. The van der Waals surface area contributed by atoms with E-state index in [1.54, 1.807) is 13.0 Å². The Bertz CT molecular complexity index is 901. The smallest absolute Gasteiger partial charge is 0.336 e. The van der Waals surface area contributed by atoms with Crippen LogP contribution < -0.4 is 10.6 Å². The van der Waals surface area contributed by atoms with Crippen molar-refractivity contribution in [3.8, 4) is 0 Å². The van der Waals surface area contributed by atoms with Crippen LogP contribution in [0.2, 0.25) is 0 Å². The largest absolute Gasteiger partial charge is 0.466 e. The van der Waals surface area contributed by atoms with Gasteiger partial charge in [0.05, 0.1) is 18.6 Å². The summed E-state index contributed by atoms with van der Waals surface area (Å²) in [4.78, 5) is 36.5. The van der Waals surface area contributed by atoms with Crippen LogP contribution in [0.4, 0.5) is 5.69 Å². The number of allylic oxidation sites excluding steroid dienone is 1. The van der Waals surface area contributed by atoms with Gasteiger partial charge in [0.25, 0.3) is 0 Å². The van der Waals surface area contributed by atoms with Gasteiger partial charge in [0, 0.05) is 17.8 Å². The average molecular weight is 338 g/mol. The predicted molar refractivity (Wildman–Crippen MR) is 93.5 cm³/mol. The second kappa shape index (κ2) is 6.76. The Morgan fingerprint density at radius 1 is 1.16 bits per heavy atom. The summed E-state index contributed by atoms with van der Waals surface area (Å²) in [5.41, 5.74) is 1.14. The molecule has 0 saturated heterocycles. The third-order valence-corrected chi connectivity index (χ3v) is 4.21. The highest BCUT2D eigenvalue weighted by atomic mass is 16.5. The second-order valence-corrected chi connectivity index (χ2v) is 5.89. The number of carbonyl (C=O) groups excluding carboxylic acids is 3. The molecule has 1 heterocycles. The molecule has 1 aliphatic heterocycles. The standard InChI is InChI=1S/C19H18N2O4/c1-11-17(19(24)25-2)15(10-16(22)20-11)18(23)21-14-8-7-12-5-3-4-6-13(12)9-14/h3-9,15H,10H2,1-2H3,(H,20,22)(H,21,23). The van der Waals surface area contributed by atoms with Gasteiger partial charge >= 0.3 is 5.97 Å². The molecule has 0 bridgehead atoms. The van der Waals surface area contributed by atoms with Crippen molar-refractivity contribution < 1.29 is 19.1 Å². The van der Waals surface area contributed by atoms with Gasteiger partial charge in [-0.1, -0.05) is 30.3 Å². The van der Waals surface area contributed by atoms with Crippen molar-refractivity contribution in [2.24, 2.45) is 5.92 Å². The SMILES string of the molecule is COC(=O)C1=C(C)NC(=O)CC1C(=O)Nc1ccc2ccccc2c1. The van der Waals surface area contributed by atoms with Gasteiger partial charge in [0.2, 0.25) is 11.8 Å². The average Bonchev–Trinajstić information content (AvgIpc) is 2.60. The van der Waals surface area contributed by atoms with Gasteiger partial charge in [-0.25, -0.2) is 4.79 Å². The highest BCUT2D eigenvalue weighted by molar-refractivity contribution is 6.06. The molecule has 1 unspecified atom stereocenters. The highest BCUT2D eigenvalue weighted by Crippen LogP contribution is 2.26. The Kier molecular flexibility index (Phi) is 4.52. The van der Waals surface area contributed by atoms with Crippen LogP contribution in [0.25, 0.3) is 10.8 Å². The van der Waals surface area contributed by atoms with Gasteiger partial charge in [-0.2, -0.15) is 0 Å². The van der Waals surface area contributed by atoms with Gasteiger partial charge in [-0.05, 0) is 29.8 Å². The topological polar surface area (TPSA) is 84.5 Å². The zero-order chi connectivity index (χ0) is 18.0. The van der Waals surface area contributed by atoms with Gasteiger partial charge in [-0.15, -0.1) is 0 Å². The summed E-state index contributed by atoms with van der Waals surface area (Å²) >= 11 is 0. The van der Waals surface area contributed by atoms with Crippen LogP contribution in [0.5, 0.6) is 0 Å². The van der Waals surface area contributed by atoms with E-state index < -0.39 is 17.8 Å². The normalized spacial score (nSPS) is 17.2. The summed E-state index contributed by atoms with van der Waals surface area (Å²) in [5.74, 6) is -2.21. The lowest BCUT2D eigenvalue weighted by atomic mass is 9.89. The van der Waals surface area contributed by atoms with Gasteiger partial charge in [-0.3, -0.25) is 9.59 Å². The lowest BCUT2D eigenvalue weighted by Gasteiger charge is -2.25. The first kappa shape index (κ1) is 16.7. The molecule has 3 rings (SSSR count). The lowest BCUT2D eigenvalue weighted by molar-refractivity contribution is -0.139. The Hall–Kier alpha value is -3.15. The van der Waals surface area contributed by atoms with Crippen LogP contribution in [-0.4, -0.2) is 24.9 Å². The van der Waals surface area contributed by atoms with Gasteiger partial charge in [0.15, 0.2) is 0 Å². The number of carbonyl (C=O) groups is 3. The number of esters is 1. The molecule has 1 aliphatic rings. The number of nitrogens with one attached hydrogen (secondary N) is 2. The van der Waals surface area contributed by atoms with E-state index in [1.807, 2.05) is 36.4 Å². The van der Waals surface area contributed by atoms with Crippen molar-refractivity contribution in [2.45, 2.75) is 13.3 Å². The third-order valence-electron chi connectivity index (χ3n) is 4.21. The molecule has 0 aromatic heterocycles. The Labute approximate surface area is 144 Å². The molecule has 2 aromatic carbocycles. The maximum atomic E-state index is 12.7. The van der Waals surface area contributed by atoms with Crippen LogP contribution in [0.15, 0.2) is 53.7 Å². The third kappa shape index (κ3) is 3.38. The molecule has 6 heteroatoms. The first-order valence-corrected chi connectivity index (χ1v) is 7.88. The molecule has 0 radical (unpaired) electrons. The molecule has 2 amide bonds. The zero-order valence-electron chi connectivity index (χ0n) is 14.0. The van der Waals surface area contributed by atoms with E-state index in [4.69, 9.17) is 4.74 Å². The molecular weight excluding hydrogens is 320 g/mol. The summed E-state index contributed by atoms with van der Waals surface area (Å²) in [6, 6.07) is 13.3. The maximum absolute atomic E-state index is 12.7. The summed E-state index contributed by atoms with van der Waals surface area (Å²) < 4.78 is 4.76. The molecular formula is C19H18N2O4. The number of fused-ring (bicyclic) bond motifs is 1. The van der Waals surface area contributed by atoms with E-state index >= 15 is 0 Å². The van der Waals surface area contributed by atoms with Gasteiger partial charge in [0.1, 0.15) is 0 Å². The predicted octanol–water partition coefficient (Wildman–Crippen LogP) is 2.36. The van der Waals surface area contributed by atoms with Crippen LogP contribution in [0, 0.1) is 5.92 Å². The summed E-state index contributed by atoms with van der Waals surface area (Å²) in [6.45, 7) is 1.58. The maximum Gasteiger partial charge on any atom is 0.336 e. The Morgan fingerprint density at radius 3 is 2.60 bits per heavy atom. The van der Waals surface area contributed by atoms with E-state index in [-0.39, 0.29) is 17.9 Å². The molecule has 0 fully saturated rings. The van der Waals surface area contributed by atoms with E-state index in [2.05, 4.69) is 10.6 Å². The molecule has 25 heavy (non-hydrogen) atoms. The zero-order valence-corrected chi connectivity index (χ0v) is 14.0. The highest BCUT2D eigenvalue weighted by Gasteiger charge is 2.36. The number of anilines is 1. The fourth-order valence-electron chi connectivity index (χ4n) is 3.00. The number of hydrogen-bond donors (Lipinski definition) is 2. The monoisotopic (exact) mass is 338 g/mol. The number of methoxy groups -OCH3 is 1. The first-order chi connectivity index (χ1) is 12.0. The Morgan fingerprint density at radius 2 is 1.88 bits per heavy atom. The molecule has 0 spiro atoms. The summed E-state index contributed by atoms with van der Waals surface area (Å²) in [5, 5.41) is 7.42. The fourth-order valence-corrected chi connectivity index (χ4v) is 3.00. The minimum Gasteiger partial charge on any atom is -0.466 e. The number of hydrogen-bond acceptors (Lipinski definition) is 4. The molecule has 2 N–H and O–H groups in total. The fraction of sp³-hybridized carbons (Fsp3) is 0.211. The number of rotatable bonds is 3. The molecule has 6 nitrogen and oxygen atoms in total. The van der Waals surface area contributed by atoms with Crippen molar-refractivity contribution in [1.82, 2.24) is 5.32 Å². The van der Waals surface area contributed by atoms with Crippen molar-refractivity contribution in [2.75, 3.05) is 12.4 Å². The van der Waals surface area contributed by atoms with Crippen LogP contribution in [0.1, 0.15) is 13.3 Å². The van der Waals surface area contributed by atoms with Crippen molar-refractivity contribution in [3.63, 3.8) is 0 Å². The number of ether oxygens (including phenoxy) is 1. The van der Waals surface area contributed by atoms with Crippen molar-refractivity contribution in [1.29, 1.82) is 0 Å². The second-order valence-electron chi connectivity index (χ2n) is 5.89. The van der Waals surface area contributed by atoms with E-state index in [0.29, 0.717) is 11.4 Å². The molecule has 0 saturated carbocycles. The van der Waals surface area contributed by atoms with E-state index in [9.17, 15) is 14.4 Å². The minimum atomic E-state index is -0.882. The van der Waals surface area contributed by atoms with E-state index in [1.165, 1.54) is 7.11 Å². The molecule has 0 aliphatic carbocycles. The number of benzene rings is 2. The minimum absolute atomic E-state index is 0.0960. The van der Waals surface area contributed by atoms with Crippen LogP contribution >= 0.6 is 0 Å².